The van der Waals surface area contributed by atoms with E-state index in [1.165, 1.54) is 6.42 Å². The molecule has 0 unspecified atom stereocenters. The van der Waals surface area contributed by atoms with Crippen LogP contribution < -0.4 is 5.43 Å². The second kappa shape index (κ2) is 11.4. The van der Waals surface area contributed by atoms with E-state index < -0.39 is 17.7 Å². The molecule has 3 rings (SSSR count). The summed E-state index contributed by atoms with van der Waals surface area (Å²) < 4.78 is 10.5. The monoisotopic (exact) mass is 453 g/mol. The molecule has 0 aliphatic carbocycles. The van der Waals surface area contributed by atoms with Crippen LogP contribution in [0.2, 0.25) is 0 Å². The van der Waals surface area contributed by atoms with Crippen molar-refractivity contribution in [1.82, 2.24) is 25.4 Å². The van der Waals surface area contributed by atoms with Gasteiger partial charge in [-0.1, -0.05) is 6.42 Å². The summed E-state index contributed by atoms with van der Waals surface area (Å²) in [6.45, 7) is 11.5. The highest BCUT2D eigenvalue weighted by Crippen LogP contribution is 2.23. The van der Waals surface area contributed by atoms with Crippen molar-refractivity contribution in [2.45, 2.75) is 58.5 Å². The lowest BCUT2D eigenvalue weighted by Gasteiger charge is -2.43. The minimum atomic E-state index is -0.571. The van der Waals surface area contributed by atoms with Crippen LogP contribution >= 0.6 is 0 Å². The Bertz CT molecular complexity index is 646. The Kier molecular flexibility index (Phi) is 8.87. The third kappa shape index (κ3) is 7.68. The number of nitrogens with zero attached hydrogens (tertiary/aromatic N) is 4. The summed E-state index contributed by atoms with van der Waals surface area (Å²) in [6.07, 6.45) is 4.42. The summed E-state index contributed by atoms with van der Waals surface area (Å²) in [4.78, 5) is 38.2. The van der Waals surface area contributed by atoms with Gasteiger partial charge in [-0.2, -0.15) is 0 Å². The van der Waals surface area contributed by atoms with Crippen LogP contribution in [0.3, 0.4) is 0 Å². The van der Waals surface area contributed by atoms with Crippen molar-refractivity contribution in [3.8, 4) is 0 Å². The van der Waals surface area contributed by atoms with Crippen LogP contribution in [0.4, 0.5) is 4.79 Å². The van der Waals surface area contributed by atoms with Gasteiger partial charge in [0.15, 0.2) is 0 Å². The predicted molar refractivity (Wildman–Crippen MR) is 118 cm³/mol. The lowest BCUT2D eigenvalue weighted by Crippen LogP contribution is -2.57. The van der Waals surface area contributed by atoms with E-state index in [2.05, 4.69) is 15.4 Å². The average Bonchev–Trinajstić information content (AvgIpc) is 2.77. The zero-order valence-electron chi connectivity index (χ0n) is 19.8. The van der Waals surface area contributed by atoms with E-state index in [0.717, 1.165) is 51.9 Å². The van der Waals surface area contributed by atoms with Crippen molar-refractivity contribution in [2.75, 3.05) is 58.9 Å². The zero-order valence-corrected chi connectivity index (χ0v) is 19.8. The fourth-order valence-corrected chi connectivity index (χ4v) is 4.36. The molecule has 0 saturated carbocycles. The van der Waals surface area contributed by atoms with E-state index in [1.54, 1.807) is 4.90 Å². The maximum Gasteiger partial charge on any atom is 0.417 e. The third-order valence-electron chi connectivity index (χ3n) is 6.13. The molecule has 0 aromatic carbocycles. The highest BCUT2D eigenvalue weighted by Gasteiger charge is 2.33. The first-order valence-electron chi connectivity index (χ1n) is 11.9. The maximum absolute atomic E-state index is 12.3. The van der Waals surface area contributed by atoms with Gasteiger partial charge < -0.3 is 14.4 Å². The van der Waals surface area contributed by atoms with Crippen LogP contribution in [0.5, 0.6) is 0 Å². The number of ether oxygens (including phenoxy) is 2. The van der Waals surface area contributed by atoms with E-state index in [4.69, 9.17) is 9.47 Å². The summed E-state index contributed by atoms with van der Waals surface area (Å²) in [5.41, 5.74) is 2.59. The van der Waals surface area contributed by atoms with E-state index in [9.17, 15) is 14.4 Å². The summed E-state index contributed by atoms with van der Waals surface area (Å²) in [5.74, 6) is -0.706. The molecule has 3 fully saturated rings. The van der Waals surface area contributed by atoms with Crippen molar-refractivity contribution < 1.29 is 23.9 Å². The summed E-state index contributed by atoms with van der Waals surface area (Å²) in [5, 5.41) is 6.51. The third-order valence-corrected chi connectivity index (χ3v) is 6.13. The summed E-state index contributed by atoms with van der Waals surface area (Å²) >= 11 is 0. The molecule has 0 bridgehead atoms. The van der Waals surface area contributed by atoms with Crippen molar-refractivity contribution >= 4 is 18.0 Å². The molecule has 10 heteroatoms. The Morgan fingerprint density at radius 2 is 1.44 bits per heavy atom. The Morgan fingerprint density at radius 3 is 2.03 bits per heavy atom. The molecule has 3 saturated heterocycles. The predicted octanol–water partition coefficient (Wildman–Crippen LogP) is 1.23. The zero-order chi connectivity index (χ0) is 23.1. The smallest absolute Gasteiger partial charge is 0.417 e. The molecule has 0 atom stereocenters. The SMILES string of the molecule is CC(C)(C)OC(=O)C1CCN(N2CCN(C(=O)OC(=O)CNN3CCCCC3)CC2)CC1. The molecule has 32 heavy (non-hydrogen) atoms. The molecular weight excluding hydrogens is 414 g/mol. The lowest BCUT2D eigenvalue weighted by atomic mass is 9.97. The number of hydrogen-bond donors (Lipinski definition) is 1. The molecule has 1 N–H and O–H groups in total. The molecule has 0 aromatic heterocycles. The highest BCUT2D eigenvalue weighted by atomic mass is 16.6. The normalized spacial score (nSPS) is 22.5. The Hall–Kier alpha value is -1.75. The standard InChI is InChI=1S/C22H39N5O5/c1-22(2,3)32-20(29)18-7-11-26(12-8-18)27-15-13-24(14-16-27)21(30)31-19(28)17-23-25-9-5-4-6-10-25/h18,23H,4-17H2,1-3H3. The topological polar surface area (TPSA) is 94.7 Å². The first-order chi connectivity index (χ1) is 15.2. The highest BCUT2D eigenvalue weighted by molar-refractivity contribution is 5.85. The summed E-state index contributed by atoms with van der Waals surface area (Å²) in [7, 11) is 0. The largest absolute Gasteiger partial charge is 0.460 e. The second-order valence-corrected chi connectivity index (χ2v) is 9.82. The van der Waals surface area contributed by atoms with Crippen LogP contribution in [0.25, 0.3) is 0 Å². The average molecular weight is 454 g/mol. The quantitative estimate of drug-likeness (QED) is 0.487. The number of esters is 2. The van der Waals surface area contributed by atoms with E-state index in [-0.39, 0.29) is 18.4 Å². The Balaban J connectivity index is 1.33. The first-order valence-corrected chi connectivity index (χ1v) is 11.9. The fraction of sp³-hybridized carbons (Fsp3) is 0.864. The number of carbonyl (C=O) groups excluding carboxylic acids is 3. The van der Waals surface area contributed by atoms with Crippen molar-refractivity contribution in [2.24, 2.45) is 5.92 Å². The molecule has 10 nitrogen and oxygen atoms in total. The van der Waals surface area contributed by atoms with Crippen LogP contribution in [-0.2, 0) is 19.1 Å². The van der Waals surface area contributed by atoms with E-state index >= 15 is 0 Å². The number of piperidine rings is 2. The van der Waals surface area contributed by atoms with Crippen molar-refractivity contribution in [3.05, 3.63) is 0 Å². The van der Waals surface area contributed by atoms with Crippen LogP contribution in [-0.4, -0.2) is 102 Å². The minimum absolute atomic E-state index is 0.0122. The van der Waals surface area contributed by atoms with Gasteiger partial charge in [0.25, 0.3) is 0 Å². The Morgan fingerprint density at radius 1 is 0.844 bits per heavy atom. The number of hydrazine groups is 2. The molecule has 3 aliphatic rings. The number of carbonyl (C=O) groups is 3. The number of piperazine rings is 1. The fourth-order valence-electron chi connectivity index (χ4n) is 4.36. The van der Waals surface area contributed by atoms with Gasteiger partial charge in [-0.3, -0.25) is 9.59 Å². The molecular formula is C22H39N5O5. The van der Waals surface area contributed by atoms with E-state index in [1.807, 2.05) is 25.8 Å². The first kappa shape index (κ1) is 24.9. The maximum atomic E-state index is 12.3. The van der Waals surface area contributed by atoms with Crippen LogP contribution in [0.1, 0.15) is 52.9 Å². The van der Waals surface area contributed by atoms with Gasteiger partial charge in [-0.15, -0.1) is 0 Å². The molecule has 3 heterocycles. The van der Waals surface area contributed by atoms with Gasteiger partial charge in [0.1, 0.15) is 12.1 Å². The van der Waals surface area contributed by atoms with Crippen LogP contribution in [0.15, 0.2) is 0 Å². The summed E-state index contributed by atoms with van der Waals surface area (Å²) in [6, 6.07) is 0. The van der Waals surface area contributed by atoms with Crippen LogP contribution in [0, 0.1) is 5.92 Å². The second-order valence-electron chi connectivity index (χ2n) is 9.82. The van der Waals surface area contributed by atoms with Gasteiger partial charge in [-0.25, -0.2) is 25.2 Å². The molecule has 0 radical (unpaired) electrons. The number of nitrogens with one attached hydrogen (secondary N) is 1. The number of amides is 1. The van der Waals surface area contributed by atoms with E-state index in [0.29, 0.717) is 26.2 Å². The molecule has 1 amide bonds. The minimum Gasteiger partial charge on any atom is -0.460 e. The molecule has 0 aromatic rings. The lowest BCUT2D eigenvalue weighted by molar-refractivity contribution is -0.164. The number of rotatable bonds is 5. The van der Waals surface area contributed by atoms with Gasteiger partial charge in [0, 0.05) is 52.4 Å². The number of hydrogen-bond acceptors (Lipinski definition) is 9. The van der Waals surface area contributed by atoms with Gasteiger partial charge in [0.2, 0.25) is 0 Å². The van der Waals surface area contributed by atoms with Crippen molar-refractivity contribution in [3.63, 3.8) is 0 Å². The van der Waals surface area contributed by atoms with Gasteiger partial charge >= 0.3 is 18.0 Å². The molecule has 0 spiro atoms. The van der Waals surface area contributed by atoms with Crippen molar-refractivity contribution in [1.29, 1.82) is 0 Å². The Labute approximate surface area is 191 Å². The molecule has 182 valence electrons. The van der Waals surface area contributed by atoms with Gasteiger partial charge in [0.05, 0.1) is 5.92 Å². The van der Waals surface area contributed by atoms with Gasteiger partial charge in [-0.05, 0) is 46.5 Å². The molecule has 3 aliphatic heterocycles.